The van der Waals surface area contributed by atoms with E-state index in [1.807, 2.05) is 30.3 Å². The molecule has 0 aliphatic heterocycles. The molecule has 0 aliphatic rings. The highest BCUT2D eigenvalue weighted by Gasteiger charge is 2.19. The zero-order valence-corrected chi connectivity index (χ0v) is 14.4. The van der Waals surface area contributed by atoms with Crippen molar-refractivity contribution in [3.63, 3.8) is 0 Å². The molecule has 0 aliphatic carbocycles. The van der Waals surface area contributed by atoms with Gasteiger partial charge in [0.25, 0.3) is 5.56 Å². The van der Waals surface area contributed by atoms with Crippen LogP contribution in [-0.2, 0) is 13.7 Å². The average Bonchev–Trinajstić information content (AvgIpc) is 2.94. The van der Waals surface area contributed by atoms with Gasteiger partial charge in [-0.2, -0.15) is 5.10 Å². The number of carbonyl (C=O) groups excluding carboxylic acids is 1. The van der Waals surface area contributed by atoms with E-state index >= 15 is 0 Å². The number of aromatic nitrogens is 3. The molecule has 8 heteroatoms. The third-order valence-electron chi connectivity index (χ3n) is 4.07. The Morgan fingerprint density at radius 1 is 1.31 bits per heavy atom. The van der Waals surface area contributed by atoms with Gasteiger partial charge in [0.2, 0.25) is 0 Å². The maximum absolute atomic E-state index is 12.0. The zero-order valence-electron chi connectivity index (χ0n) is 14.4. The molecule has 8 nitrogen and oxygen atoms in total. The molecular formula is C18H19N5O3. The molecule has 3 rings (SSSR count). The van der Waals surface area contributed by atoms with Crippen LogP contribution >= 0.6 is 0 Å². The standard InChI is InChI=1S/C18H19N5O3/c1-11-15(12-8-13(10-24)17(25)22(2)9-12)21-23(16(11)20-18(19)26)14-6-4-3-5-7-14/h3-9,24H,10H2,1-2H3,(H3,19,20,26). The van der Waals surface area contributed by atoms with Crippen LogP contribution in [0, 0.1) is 6.92 Å². The van der Waals surface area contributed by atoms with Crippen molar-refractivity contribution in [2.75, 3.05) is 5.32 Å². The Morgan fingerprint density at radius 2 is 2.00 bits per heavy atom. The van der Waals surface area contributed by atoms with E-state index in [4.69, 9.17) is 5.73 Å². The lowest BCUT2D eigenvalue weighted by molar-refractivity contribution is 0.259. The first-order chi connectivity index (χ1) is 12.4. The molecule has 0 bridgehead atoms. The molecule has 0 saturated carbocycles. The number of aryl methyl sites for hydroxylation is 1. The first kappa shape index (κ1) is 17.4. The van der Waals surface area contributed by atoms with Crippen LogP contribution in [-0.4, -0.2) is 25.5 Å². The van der Waals surface area contributed by atoms with Crippen LogP contribution in [0.25, 0.3) is 16.9 Å². The van der Waals surface area contributed by atoms with Crippen LogP contribution in [0.3, 0.4) is 0 Å². The number of aliphatic hydroxyl groups excluding tert-OH is 1. The van der Waals surface area contributed by atoms with Gasteiger partial charge in [0.05, 0.1) is 18.0 Å². The number of primary amides is 1. The summed E-state index contributed by atoms with van der Waals surface area (Å²) in [5.74, 6) is 0.443. The molecule has 4 N–H and O–H groups in total. The summed E-state index contributed by atoms with van der Waals surface area (Å²) in [5, 5.41) is 16.6. The summed E-state index contributed by atoms with van der Waals surface area (Å²) >= 11 is 0. The van der Waals surface area contributed by atoms with Gasteiger partial charge in [0.1, 0.15) is 5.82 Å². The van der Waals surface area contributed by atoms with E-state index in [2.05, 4.69) is 10.4 Å². The number of pyridine rings is 1. The summed E-state index contributed by atoms with van der Waals surface area (Å²) in [7, 11) is 1.61. The van der Waals surface area contributed by atoms with E-state index in [-0.39, 0.29) is 17.7 Å². The third kappa shape index (κ3) is 3.09. The third-order valence-corrected chi connectivity index (χ3v) is 4.07. The van der Waals surface area contributed by atoms with Crippen molar-refractivity contribution < 1.29 is 9.90 Å². The predicted octanol–water partition coefficient (Wildman–Crippen LogP) is 1.53. The first-order valence-electron chi connectivity index (χ1n) is 7.94. The fourth-order valence-electron chi connectivity index (χ4n) is 2.81. The molecule has 0 radical (unpaired) electrons. The van der Waals surface area contributed by atoms with Crippen molar-refractivity contribution in [3.05, 3.63) is 64.1 Å². The van der Waals surface area contributed by atoms with E-state index in [9.17, 15) is 14.7 Å². The topological polar surface area (TPSA) is 115 Å². The Morgan fingerprint density at radius 3 is 2.62 bits per heavy atom. The molecule has 2 amide bonds. The average molecular weight is 353 g/mol. The number of aliphatic hydroxyl groups is 1. The molecule has 0 unspecified atom stereocenters. The number of benzene rings is 1. The number of nitrogens with one attached hydrogen (secondary N) is 1. The van der Waals surface area contributed by atoms with Gasteiger partial charge < -0.3 is 15.4 Å². The van der Waals surface area contributed by atoms with Gasteiger partial charge in [-0.15, -0.1) is 0 Å². The number of amides is 2. The van der Waals surface area contributed by atoms with Crippen molar-refractivity contribution in [3.8, 4) is 16.9 Å². The molecular weight excluding hydrogens is 334 g/mol. The summed E-state index contributed by atoms with van der Waals surface area (Å²) in [4.78, 5) is 23.5. The number of hydrogen-bond acceptors (Lipinski definition) is 4. The second-order valence-electron chi connectivity index (χ2n) is 5.89. The number of urea groups is 1. The highest BCUT2D eigenvalue weighted by atomic mass is 16.3. The molecule has 134 valence electrons. The fourth-order valence-corrected chi connectivity index (χ4v) is 2.81. The van der Waals surface area contributed by atoms with E-state index in [0.717, 1.165) is 5.69 Å². The number of para-hydroxylation sites is 1. The monoisotopic (exact) mass is 353 g/mol. The molecule has 0 spiro atoms. The second-order valence-corrected chi connectivity index (χ2v) is 5.89. The Labute approximate surface area is 149 Å². The van der Waals surface area contributed by atoms with Crippen molar-refractivity contribution in [1.29, 1.82) is 0 Å². The summed E-state index contributed by atoms with van der Waals surface area (Å²) in [6.07, 6.45) is 1.64. The minimum atomic E-state index is -0.701. The van der Waals surface area contributed by atoms with Crippen molar-refractivity contribution >= 4 is 11.8 Å². The van der Waals surface area contributed by atoms with Crippen molar-refractivity contribution in [1.82, 2.24) is 14.3 Å². The first-order valence-corrected chi connectivity index (χ1v) is 7.94. The Hall–Kier alpha value is -3.39. The normalized spacial score (nSPS) is 10.7. The molecule has 2 aromatic heterocycles. The van der Waals surface area contributed by atoms with Crippen molar-refractivity contribution in [2.45, 2.75) is 13.5 Å². The number of hydrogen-bond donors (Lipinski definition) is 3. The van der Waals surface area contributed by atoms with E-state index < -0.39 is 6.03 Å². The van der Waals surface area contributed by atoms with E-state index in [1.54, 1.807) is 30.9 Å². The molecule has 1 aromatic carbocycles. The quantitative estimate of drug-likeness (QED) is 0.659. The number of carbonyl (C=O) groups is 1. The van der Waals surface area contributed by atoms with Crippen LogP contribution in [0.2, 0.25) is 0 Å². The highest BCUT2D eigenvalue weighted by molar-refractivity contribution is 5.89. The van der Waals surface area contributed by atoms with Crippen LogP contribution in [0.5, 0.6) is 0 Å². The summed E-state index contributed by atoms with van der Waals surface area (Å²) < 4.78 is 2.97. The van der Waals surface area contributed by atoms with Crippen LogP contribution in [0.4, 0.5) is 10.6 Å². The van der Waals surface area contributed by atoms with Crippen LogP contribution < -0.4 is 16.6 Å². The van der Waals surface area contributed by atoms with Gasteiger partial charge in [-0.05, 0) is 25.1 Å². The van der Waals surface area contributed by atoms with Gasteiger partial charge in [0, 0.05) is 29.9 Å². The zero-order chi connectivity index (χ0) is 18.8. The lowest BCUT2D eigenvalue weighted by atomic mass is 10.1. The largest absolute Gasteiger partial charge is 0.391 e. The number of nitrogens with two attached hydrogens (primary N) is 1. The summed E-state index contributed by atoms with van der Waals surface area (Å²) in [5.41, 5.74) is 7.96. The lowest BCUT2D eigenvalue weighted by Gasteiger charge is -2.07. The molecule has 26 heavy (non-hydrogen) atoms. The van der Waals surface area contributed by atoms with Crippen LogP contribution in [0.1, 0.15) is 11.1 Å². The van der Waals surface area contributed by atoms with Gasteiger partial charge in [-0.1, -0.05) is 18.2 Å². The second kappa shape index (κ2) is 6.85. The number of rotatable bonds is 4. The maximum Gasteiger partial charge on any atom is 0.317 e. The molecule has 0 saturated heterocycles. The maximum atomic E-state index is 12.0. The lowest BCUT2D eigenvalue weighted by Crippen LogP contribution is -2.21. The van der Waals surface area contributed by atoms with Gasteiger partial charge in [0.15, 0.2) is 0 Å². The fraction of sp³-hybridized carbons (Fsp3) is 0.167. The molecule has 3 aromatic rings. The molecule has 0 atom stereocenters. The smallest absolute Gasteiger partial charge is 0.317 e. The molecule has 2 heterocycles. The summed E-state index contributed by atoms with van der Waals surface area (Å²) in [6.45, 7) is 1.43. The highest BCUT2D eigenvalue weighted by Crippen LogP contribution is 2.30. The van der Waals surface area contributed by atoms with E-state index in [0.29, 0.717) is 22.6 Å². The Kier molecular flexibility index (Phi) is 4.59. The number of anilines is 1. The van der Waals surface area contributed by atoms with Crippen molar-refractivity contribution in [2.24, 2.45) is 12.8 Å². The Bertz CT molecular complexity index is 1020. The summed E-state index contributed by atoms with van der Waals surface area (Å²) in [6, 6.07) is 10.2. The number of nitrogens with zero attached hydrogens (tertiary/aromatic N) is 3. The minimum Gasteiger partial charge on any atom is -0.391 e. The van der Waals surface area contributed by atoms with Gasteiger partial charge in [-0.3, -0.25) is 10.1 Å². The minimum absolute atomic E-state index is 0.267. The predicted molar refractivity (Wildman–Crippen MR) is 98.1 cm³/mol. The van der Waals surface area contributed by atoms with E-state index in [1.165, 1.54) is 4.57 Å². The van der Waals surface area contributed by atoms with Gasteiger partial charge in [-0.25, -0.2) is 9.48 Å². The SMILES string of the molecule is Cc1c(-c2cc(CO)c(=O)n(C)c2)nn(-c2ccccc2)c1NC(N)=O. The van der Waals surface area contributed by atoms with Gasteiger partial charge >= 0.3 is 6.03 Å². The Balaban J connectivity index is 2.24. The molecule has 0 fully saturated rings. The van der Waals surface area contributed by atoms with Crippen LogP contribution in [0.15, 0.2) is 47.4 Å².